The van der Waals surface area contributed by atoms with Crippen LogP contribution in [0.1, 0.15) is 38.7 Å². The van der Waals surface area contributed by atoms with Crippen LogP contribution in [0.15, 0.2) is 24.3 Å². The Balaban J connectivity index is 2.28. The van der Waals surface area contributed by atoms with Gasteiger partial charge in [0.1, 0.15) is 6.04 Å². The molecule has 1 heterocycles. The number of carboxylic acids is 1. The minimum Gasteiger partial charge on any atom is -0.481 e. The first kappa shape index (κ1) is 15.4. The minimum absolute atomic E-state index is 0.0337. The van der Waals surface area contributed by atoms with Gasteiger partial charge in [-0.2, -0.15) is 0 Å². The van der Waals surface area contributed by atoms with Gasteiger partial charge in [0.25, 0.3) is 0 Å². The molecule has 0 fully saturated rings. The highest BCUT2D eigenvalue weighted by molar-refractivity contribution is 5.87. The van der Waals surface area contributed by atoms with Gasteiger partial charge in [0.2, 0.25) is 5.91 Å². The van der Waals surface area contributed by atoms with E-state index in [-0.39, 0.29) is 18.0 Å². The third kappa shape index (κ3) is 3.17. The predicted octanol–water partition coefficient (Wildman–Crippen LogP) is 1.98. The van der Waals surface area contributed by atoms with Crippen molar-refractivity contribution in [1.29, 1.82) is 0 Å². The molecule has 0 radical (unpaired) electrons. The molecule has 0 bridgehead atoms. The number of nitrogens with one attached hydrogen (secondary N) is 1. The number of para-hydroxylation sites is 1. The molecule has 0 saturated heterocycles. The Labute approximate surface area is 125 Å². The molecule has 2 unspecified atom stereocenters. The lowest BCUT2D eigenvalue weighted by molar-refractivity contribution is -0.139. The average molecular weight is 290 g/mol. The molecule has 1 aliphatic rings. The molecule has 0 aliphatic carbocycles. The summed E-state index contributed by atoms with van der Waals surface area (Å²) in [6.45, 7) is 6.28. The number of fused-ring (bicyclic) bond motifs is 1. The number of anilines is 1. The normalized spacial score (nSPS) is 19.0. The molecule has 5 heteroatoms. The molecule has 1 aromatic carbocycles. The summed E-state index contributed by atoms with van der Waals surface area (Å²) in [6.07, 6.45) is 0.519. The molecule has 5 nitrogen and oxygen atoms in total. The lowest BCUT2D eigenvalue weighted by Crippen LogP contribution is -2.49. The van der Waals surface area contributed by atoms with Gasteiger partial charge in [0.05, 0.1) is 5.92 Å². The topological polar surface area (TPSA) is 69.6 Å². The van der Waals surface area contributed by atoms with Gasteiger partial charge in [-0.25, -0.2) is 0 Å². The molecule has 1 aromatic rings. The van der Waals surface area contributed by atoms with Gasteiger partial charge in [-0.3, -0.25) is 9.59 Å². The Bertz CT molecular complexity index is 542. The molecule has 0 aromatic heterocycles. The monoisotopic (exact) mass is 290 g/mol. The quantitative estimate of drug-likeness (QED) is 0.889. The fourth-order valence-corrected chi connectivity index (χ4v) is 2.79. The molecule has 2 rings (SSSR count). The highest BCUT2D eigenvalue weighted by atomic mass is 16.4. The van der Waals surface area contributed by atoms with Crippen LogP contribution in [-0.4, -0.2) is 35.6 Å². The van der Waals surface area contributed by atoms with Gasteiger partial charge < -0.3 is 15.3 Å². The fraction of sp³-hybridized carbons (Fsp3) is 0.500. The van der Waals surface area contributed by atoms with Crippen LogP contribution in [0.25, 0.3) is 0 Å². The van der Waals surface area contributed by atoms with E-state index in [0.29, 0.717) is 13.0 Å². The third-order valence-corrected chi connectivity index (χ3v) is 3.86. The molecule has 2 atom stereocenters. The first-order valence-electron chi connectivity index (χ1n) is 7.30. The van der Waals surface area contributed by atoms with Crippen LogP contribution in [0, 0.1) is 0 Å². The van der Waals surface area contributed by atoms with Crippen molar-refractivity contribution in [1.82, 2.24) is 5.32 Å². The Morgan fingerprint density at radius 2 is 1.95 bits per heavy atom. The van der Waals surface area contributed by atoms with Gasteiger partial charge in [0, 0.05) is 18.3 Å². The van der Waals surface area contributed by atoms with E-state index in [1.165, 1.54) is 0 Å². The Morgan fingerprint density at radius 3 is 2.57 bits per heavy atom. The number of carbonyl (C=O) groups is 2. The number of rotatable bonds is 4. The number of benzene rings is 1. The minimum atomic E-state index is -0.804. The van der Waals surface area contributed by atoms with Gasteiger partial charge in [-0.15, -0.1) is 0 Å². The van der Waals surface area contributed by atoms with Crippen LogP contribution >= 0.6 is 0 Å². The van der Waals surface area contributed by atoms with Crippen LogP contribution in [-0.2, 0) is 9.59 Å². The lowest BCUT2D eigenvalue weighted by atomic mass is 9.89. The molecule has 1 aliphatic heterocycles. The zero-order valence-electron chi connectivity index (χ0n) is 12.7. The van der Waals surface area contributed by atoms with E-state index in [2.05, 4.69) is 5.32 Å². The van der Waals surface area contributed by atoms with Crippen LogP contribution < -0.4 is 10.2 Å². The summed E-state index contributed by atoms with van der Waals surface area (Å²) >= 11 is 0. The van der Waals surface area contributed by atoms with E-state index < -0.39 is 11.9 Å². The van der Waals surface area contributed by atoms with E-state index in [0.717, 1.165) is 11.3 Å². The number of nitrogens with zero attached hydrogens (tertiary/aromatic N) is 1. The standard InChI is InChI=1S/C16H22N2O3/c1-10(2)17-15(19)11(3)18-9-8-13(16(20)21)12-6-4-5-7-14(12)18/h4-7,10-11,13H,8-9H2,1-3H3,(H,17,19)(H,20,21). The first-order valence-corrected chi connectivity index (χ1v) is 7.30. The number of carbonyl (C=O) groups excluding carboxylic acids is 1. The van der Waals surface area contributed by atoms with Crippen molar-refractivity contribution < 1.29 is 14.7 Å². The van der Waals surface area contributed by atoms with E-state index in [4.69, 9.17) is 0 Å². The molecular formula is C16H22N2O3. The van der Waals surface area contributed by atoms with Crippen molar-refractivity contribution >= 4 is 17.6 Å². The van der Waals surface area contributed by atoms with Crippen molar-refractivity contribution in [3.05, 3.63) is 29.8 Å². The van der Waals surface area contributed by atoms with Crippen LogP contribution in [0.4, 0.5) is 5.69 Å². The number of amides is 1. The summed E-state index contributed by atoms with van der Waals surface area (Å²) in [4.78, 5) is 25.6. The molecular weight excluding hydrogens is 268 g/mol. The summed E-state index contributed by atoms with van der Waals surface area (Å²) in [5.74, 6) is -1.33. The SMILES string of the molecule is CC(C)NC(=O)C(C)N1CCC(C(=O)O)c2ccccc21. The van der Waals surface area contributed by atoms with Crippen molar-refractivity contribution in [2.45, 2.75) is 45.2 Å². The zero-order chi connectivity index (χ0) is 15.6. The smallest absolute Gasteiger partial charge is 0.311 e. The summed E-state index contributed by atoms with van der Waals surface area (Å²) < 4.78 is 0. The van der Waals surface area contributed by atoms with Gasteiger partial charge in [-0.05, 0) is 38.8 Å². The van der Waals surface area contributed by atoms with E-state index >= 15 is 0 Å². The molecule has 0 spiro atoms. The first-order chi connectivity index (χ1) is 9.91. The highest BCUT2D eigenvalue weighted by Crippen LogP contribution is 2.36. The molecule has 2 N–H and O–H groups in total. The van der Waals surface area contributed by atoms with E-state index in [1.54, 1.807) is 0 Å². The maximum absolute atomic E-state index is 12.2. The summed E-state index contributed by atoms with van der Waals surface area (Å²) in [5, 5.41) is 12.2. The Morgan fingerprint density at radius 1 is 1.29 bits per heavy atom. The van der Waals surface area contributed by atoms with Gasteiger partial charge >= 0.3 is 5.97 Å². The third-order valence-electron chi connectivity index (χ3n) is 3.86. The predicted molar refractivity (Wildman–Crippen MR) is 81.5 cm³/mol. The fourth-order valence-electron chi connectivity index (χ4n) is 2.79. The van der Waals surface area contributed by atoms with Crippen molar-refractivity contribution in [2.24, 2.45) is 0 Å². The largest absolute Gasteiger partial charge is 0.481 e. The van der Waals surface area contributed by atoms with Gasteiger partial charge in [0.15, 0.2) is 0 Å². The van der Waals surface area contributed by atoms with Gasteiger partial charge in [-0.1, -0.05) is 18.2 Å². The number of aliphatic carboxylic acids is 1. The maximum Gasteiger partial charge on any atom is 0.311 e. The maximum atomic E-state index is 12.2. The van der Waals surface area contributed by atoms with Crippen LogP contribution in [0.3, 0.4) is 0 Å². The molecule has 1 amide bonds. The highest BCUT2D eigenvalue weighted by Gasteiger charge is 2.33. The zero-order valence-corrected chi connectivity index (χ0v) is 12.7. The molecule has 0 saturated carbocycles. The summed E-state index contributed by atoms with van der Waals surface area (Å²) in [6, 6.07) is 7.23. The second kappa shape index (κ2) is 6.16. The summed E-state index contributed by atoms with van der Waals surface area (Å²) in [7, 11) is 0. The second-order valence-corrected chi connectivity index (χ2v) is 5.77. The number of carboxylic acid groups (broad SMARTS) is 1. The lowest BCUT2D eigenvalue weighted by Gasteiger charge is -2.37. The summed E-state index contributed by atoms with van der Waals surface area (Å²) in [5.41, 5.74) is 1.64. The average Bonchev–Trinajstić information content (AvgIpc) is 2.44. The van der Waals surface area contributed by atoms with Crippen molar-refractivity contribution in [2.75, 3.05) is 11.4 Å². The number of hydrogen-bond donors (Lipinski definition) is 2. The molecule has 114 valence electrons. The van der Waals surface area contributed by atoms with Crippen molar-refractivity contribution in [3.8, 4) is 0 Å². The van der Waals surface area contributed by atoms with Crippen LogP contribution in [0.5, 0.6) is 0 Å². The Hall–Kier alpha value is -2.04. The Kier molecular flexibility index (Phi) is 4.50. The molecule has 21 heavy (non-hydrogen) atoms. The second-order valence-electron chi connectivity index (χ2n) is 5.77. The van der Waals surface area contributed by atoms with Crippen LogP contribution in [0.2, 0.25) is 0 Å². The number of hydrogen-bond acceptors (Lipinski definition) is 3. The van der Waals surface area contributed by atoms with E-state index in [1.807, 2.05) is 49.9 Å². The van der Waals surface area contributed by atoms with Crippen molar-refractivity contribution in [3.63, 3.8) is 0 Å². The van der Waals surface area contributed by atoms with E-state index in [9.17, 15) is 14.7 Å².